The van der Waals surface area contributed by atoms with Gasteiger partial charge in [0.05, 0.1) is 0 Å². The van der Waals surface area contributed by atoms with Crippen LogP contribution in [0.3, 0.4) is 0 Å². The molecular formula is C57H44NO2+. The minimum atomic E-state index is -0.0582. The highest BCUT2D eigenvalue weighted by Crippen LogP contribution is 2.49. The number of nitrogens with zero attached hydrogens (tertiary/aromatic N) is 1. The van der Waals surface area contributed by atoms with Crippen molar-refractivity contribution in [1.82, 2.24) is 4.58 Å². The summed E-state index contributed by atoms with van der Waals surface area (Å²) < 4.78 is 14.9. The molecule has 0 saturated heterocycles. The quantitative estimate of drug-likeness (QED) is 0.0915. The van der Waals surface area contributed by atoms with Gasteiger partial charge in [-0.3, -0.25) is 0 Å². The molecule has 0 radical (unpaired) electrons. The lowest BCUT2D eigenvalue weighted by molar-refractivity contribution is 0.513. The lowest BCUT2D eigenvalue weighted by Crippen LogP contribution is -2.14. The largest absolute Gasteiger partial charge is 0.456 e. The van der Waals surface area contributed by atoms with Gasteiger partial charge in [-0.25, -0.2) is 0 Å². The van der Waals surface area contributed by atoms with E-state index in [1.807, 2.05) is 54.6 Å². The second kappa shape index (κ2) is 15.0. The van der Waals surface area contributed by atoms with Crippen molar-refractivity contribution in [1.29, 1.82) is 0 Å². The van der Waals surface area contributed by atoms with Gasteiger partial charge in [-0.15, -0.1) is 0 Å². The van der Waals surface area contributed by atoms with Gasteiger partial charge in [0.25, 0.3) is 0 Å². The highest BCUT2D eigenvalue weighted by atomic mass is 16.5. The standard InChI is InChI=1S/C57H44NO2/c1-5-13-39(42-27-33-56-50(36-42)49-17-8-11-20-55(49)60-56)34-35-58(45-30-24-41(25-31-45)53-21-12-14-38(2)46-15-7-10-19-54(46)59-53)44-28-22-40(23-29-44)43-26-32-48-47-16-6-9-18-51(47)57(3,4)52(48)37-43/h5-37H,2H2,1,3-4H3/q+1/b13-5-,14-12-,39-34+,53-21-,58-35?. The number of allylic oxidation sites excluding steroid dienone is 8. The van der Waals surface area contributed by atoms with E-state index in [2.05, 4.69) is 178 Å². The topological polar surface area (TPSA) is 25.4 Å². The molecule has 1 aliphatic heterocycles. The predicted molar refractivity (Wildman–Crippen MR) is 253 cm³/mol. The number of fused-ring (bicyclic) bond motifs is 7. The highest BCUT2D eigenvalue weighted by Gasteiger charge is 2.35. The van der Waals surface area contributed by atoms with Crippen LogP contribution < -0.4 is 9.31 Å². The fraction of sp³-hybridized carbons (Fsp3) is 0.0702. The molecule has 60 heavy (non-hydrogen) atoms. The van der Waals surface area contributed by atoms with E-state index in [1.54, 1.807) is 0 Å². The van der Waals surface area contributed by atoms with Crippen molar-refractivity contribution in [3.8, 4) is 28.0 Å². The molecule has 0 amide bonds. The number of para-hydroxylation sites is 2. The third-order valence-electron chi connectivity index (χ3n) is 11.9. The molecule has 10 rings (SSSR count). The molecule has 0 spiro atoms. The predicted octanol–water partition coefficient (Wildman–Crippen LogP) is 15.1. The summed E-state index contributed by atoms with van der Waals surface area (Å²) in [5.74, 6) is 1.56. The van der Waals surface area contributed by atoms with Crippen molar-refractivity contribution in [2.45, 2.75) is 26.2 Å². The average molecular weight is 775 g/mol. The second-order valence-corrected chi connectivity index (χ2v) is 16.0. The van der Waals surface area contributed by atoms with Crippen molar-refractivity contribution in [2.75, 3.05) is 0 Å². The van der Waals surface area contributed by atoms with E-state index in [9.17, 15) is 0 Å². The number of furan rings is 1. The molecule has 0 atom stereocenters. The lowest BCUT2D eigenvalue weighted by Gasteiger charge is -2.22. The number of hydrogen-bond donors (Lipinski definition) is 0. The maximum absolute atomic E-state index is 6.50. The van der Waals surface area contributed by atoms with Gasteiger partial charge < -0.3 is 9.15 Å². The van der Waals surface area contributed by atoms with Gasteiger partial charge in [-0.05, 0) is 118 Å². The fourth-order valence-corrected chi connectivity index (χ4v) is 8.76. The Morgan fingerprint density at radius 2 is 1.28 bits per heavy atom. The molecule has 0 saturated carbocycles. The van der Waals surface area contributed by atoms with Crippen LogP contribution in [0.2, 0.25) is 0 Å². The number of rotatable bonds is 7. The van der Waals surface area contributed by atoms with Crippen LogP contribution in [0.25, 0.3) is 61.1 Å². The number of benzene rings is 7. The summed E-state index contributed by atoms with van der Waals surface area (Å²) >= 11 is 0. The third kappa shape index (κ3) is 6.55. The second-order valence-electron chi connectivity index (χ2n) is 16.0. The summed E-state index contributed by atoms with van der Waals surface area (Å²) in [4.78, 5) is 0. The molecule has 2 heterocycles. The van der Waals surface area contributed by atoms with E-state index in [1.165, 1.54) is 33.4 Å². The Morgan fingerprint density at radius 3 is 2.08 bits per heavy atom. The van der Waals surface area contributed by atoms with Crippen LogP contribution >= 0.6 is 0 Å². The maximum Gasteiger partial charge on any atom is 0.211 e. The molecule has 0 N–H and O–H groups in total. The molecule has 288 valence electrons. The summed E-state index contributed by atoms with van der Waals surface area (Å²) in [5, 5.41) is 2.22. The van der Waals surface area contributed by atoms with E-state index >= 15 is 0 Å². The number of hydrogen-bond acceptors (Lipinski definition) is 2. The van der Waals surface area contributed by atoms with E-state index < -0.39 is 0 Å². The summed E-state index contributed by atoms with van der Waals surface area (Å²) in [6.07, 6.45) is 14.6. The first-order chi connectivity index (χ1) is 29.4. The van der Waals surface area contributed by atoms with Crippen molar-refractivity contribution in [3.63, 3.8) is 0 Å². The molecular weight excluding hydrogens is 731 g/mol. The Labute approximate surface area is 351 Å². The minimum Gasteiger partial charge on any atom is -0.456 e. The molecule has 7 aromatic carbocycles. The van der Waals surface area contributed by atoms with Gasteiger partial charge in [-0.2, -0.15) is 4.58 Å². The molecule has 0 fully saturated rings. The van der Waals surface area contributed by atoms with Crippen LogP contribution in [0.15, 0.2) is 205 Å². The minimum absolute atomic E-state index is 0.0582. The monoisotopic (exact) mass is 774 g/mol. The normalized spacial score (nSPS) is 16.1. The zero-order chi connectivity index (χ0) is 40.8. The van der Waals surface area contributed by atoms with Gasteiger partial charge in [0.1, 0.15) is 22.7 Å². The zero-order valence-corrected chi connectivity index (χ0v) is 34.0. The molecule has 0 unspecified atom stereocenters. The average Bonchev–Trinajstić information content (AvgIpc) is 3.76. The van der Waals surface area contributed by atoms with Crippen LogP contribution in [0.4, 0.5) is 11.4 Å². The molecule has 8 aromatic rings. The van der Waals surface area contributed by atoms with Crippen molar-refractivity contribution in [2.24, 2.45) is 0 Å². The van der Waals surface area contributed by atoms with Gasteiger partial charge in [-0.1, -0.05) is 124 Å². The molecule has 1 aromatic heterocycles. The van der Waals surface area contributed by atoms with Crippen LogP contribution in [-0.4, -0.2) is 6.21 Å². The SMILES string of the molecule is C=C1/C=C\C=C(\c2ccc([N+](=C/C=C(\C=C/C)c3ccc4oc5ccccc5c4c3)c3ccc(-c4ccc5c(c4)C(C)(C)c4ccccc4-5)cc3)cc2)Oc2ccccc21. The van der Waals surface area contributed by atoms with Gasteiger partial charge in [0, 0.05) is 57.7 Å². The Morgan fingerprint density at radius 1 is 0.617 bits per heavy atom. The first kappa shape index (κ1) is 36.8. The summed E-state index contributed by atoms with van der Waals surface area (Å²) in [7, 11) is 0. The smallest absolute Gasteiger partial charge is 0.211 e. The Hall–Kier alpha value is -7.49. The van der Waals surface area contributed by atoms with Crippen molar-refractivity contribution in [3.05, 3.63) is 229 Å². The van der Waals surface area contributed by atoms with Gasteiger partial charge in [0.15, 0.2) is 6.21 Å². The van der Waals surface area contributed by atoms with Crippen LogP contribution in [0.1, 0.15) is 48.6 Å². The first-order valence-corrected chi connectivity index (χ1v) is 20.5. The lowest BCUT2D eigenvalue weighted by atomic mass is 9.81. The van der Waals surface area contributed by atoms with E-state index in [0.717, 1.165) is 72.7 Å². The van der Waals surface area contributed by atoms with Gasteiger partial charge >= 0.3 is 0 Å². The molecule has 1 aliphatic carbocycles. The van der Waals surface area contributed by atoms with E-state index in [4.69, 9.17) is 9.15 Å². The van der Waals surface area contributed by atoms with Crippen LogP contribution in [0.5, 0.6) is 5.75 Å². The molecule has 3 heteroatoms. The van der Waals surface area contributed by atoms with E-state index in [0.29, 0.717) is 0 Å². The first-order valence-electron chi connectivity index (χ1n) is 20.5. The Bertz CT molecular complexity index is 3140. The van der Waals surface area contributed by atoms with Crippen LogP contribution in [-0.2, 0) is 5.41 Å². The maximum atomic E-state index is 6.50. The van der Waals surface area contributed by atoms with Crippen molar-refractivity contribution < 1.29 is 9.15 Å². The highest BCUT2D eigenvalue weighted by molar-refractivity contribution is 6.06. The summed E-state index contributed by atoms with van der Waals surface area (Å²) in [6, 6.07) is 55.9. The molecule has 2 aliphatic rings. The summed E-state index contributed by atoms with van der Waals surface area (Å²) in [6.45, 7) is 11.0. The third-order valence-corrected chi connectivity index (χ3v) is 11.9. The van der Waals surface area contributed by atoms with Crippen LogP contribution in [0, 0.1) is 0 Å². The summed E-state index contributed by atoms with van der Waals surface area (Å²) in [5.41, 5.74) is 16.7. The fourth-order valence-electron chi connectivity index (χ4n) is 8.76. The zero-order valence-electron chi connectivity index (χ0n) is 34.0. The Kier molecular flexibility index (Phi) is 9.22. The van der Waals surface area contributed by atoms with E-state index in [-0.39, 0.29) is 5.41 Å². The van der Waals surface area contributed by atoms with Crippen molar-refractivity contribution >= 4 is 56.4 Å². The number of ether oxygens (including phenoxy) is 1. The Balaban J connectivity index is 1.04. The van der Waals surface area contributed by atoms with Gasteiger partial charge in [0.2, 0.25) is 11.4 Å². The molecule has 3 nitrogen and oxygen atoms in total. The molecule has 0 bridgehead atoms.